The number of benzene rings is 1. The molecule has 152 valence electrons. The highest BCUT2D eigenvalue weighted by Gasteiger charge is 2.22. The van der Waals surface area contributed by atoms with Crippen LogP contribution in [0.1, 0.15) is 18.6 Å². The fourth-order valence-corrected chi connectivity index (χ4v) is 3.92. The zero-order valence-electron chi connectivity index (χ0n) is 15.7. The molecule has 1 aliphatic rings. The monoisotopic (exact) mass is 416 g/mol. The summed E-state index contributed by atoms with van der Waals surface area (Å²) in [6, 6.07) is 9.73. The van der Waals surface area contributed by atoms with Crippen molar-refractivity contribution >= 4 is 17.7 Å². The topological polar surface area (TPSA) is 82.2 Å². The molecule has 1 atom stereocenters. The highest BCUT2D eigenvalue weighted by atomic mass is 32.2. The van der Waals surface area contributed by atoms with Crippen molar-refractivity contribution in [2.24, 2.45) is 0 Å². The van der Waals surface area contributed by atoms with Gasteiger partial charge in [0.1, 0.15) is 11.6 Å². The van der Waals surface area contributed by atoms with Crippen LogP contribution < -0.4 is 5.32 Å². The average Bonchev–Trinajstić information content (AvgIpc) is 3.49. The minimum absolute atomic E-state index is 0.0809. The third-order valence-corrected chi connectivity index (χ3v) is 5.57. The van der Waals surface area contributed by atoms with E-state index >= 15 is 0 Å². The zero-order chi connectivity index (χ0) is 20.1. The van der Waals surface area contributed by atoms with Crippen molar-refractivity contribution in [1.82, 2.24) is 20.1 Å². The standard InChI is InChI=1S/C20H21FN4O3S/c21-15-7-5-14(6-8-15)19-23-24-20(25(19)12-17-4-2-10-28-17)29-13-18(26)22-11-16-3-1-9-27-16/h1,3,5-9,17H,2,4,10-13H2,(H,22,26)/t17-/m1/s1. The number of ether oxygens (including phenoxy) is 1. The van der Waals surface area contributed by atoms with E-state index in [2.05, 4.69) is 15.5 Å². The Balaban J connectivity index is 1.46. The second-order valence-corrected chi connectivity index (χ2v) is 7.65. The quantitative estimate of drug-likeness (QED) is 0.568. The predicted molar refractivity (Wildman–Crippen MR) is 106 cm³/mol. The number of furan rings is 1. The largest absolute Gasteiger partial charge is 0.467 e. The van der Waals surface area contributed by atoms with Crippen molar-refractivity contribution in [2.45, 2.75) is 37.2 Å². The number of carbonyl (C=O) groups excluding carboxylic acids is 1. The summed E-state index contributed by atoms with van der Waals surface area (Å²) in [7, 11) is 0. The van der Waals surface area contributed by atoms with Crippen LogP contribution in [-0.2, 0) is 22.6 Å². The number of halogens is 1. The summed E-state index contributed by atoms with van der Waals surface area (Å²) in [5, 5.41) is 12.0. The molecule has 0 radical (unpaired) electrons. The number of nitrogens with one attached hydrogen (secondary N) is 1. The Morgan fingerprint density at radius 2 is 2.14 bits per heavy atom. The molecule has 1 aromatic carbocycles. The molecular formula is C20H21FN4O3S. The lowest BCUT2D eigenvalue weighted by Gasteiger charge is -2.14. The van der Waals surface area contributed by atoms with Crippen LogP contribution in [-0.4, -0.2) is 39.1 Å². The number of carbonyl (C=O) groups is 1. The summed E-state index contributed by atoms with van der Waals surface area (Å²) in [6.07, 6.45) is 3.64. The van der Waals surface area contributed by atoms with Gasteiger partial charge in [-0.3, -0.25) is 9.36 Å². The molecule has 1 aliphatic heterocycles. The van der Waals surface area contributed by atoms with Gasteiger partial charge in [0, 0.05) is 12.2 Å². The van der Waals surface area contributed by atoms with Crippen molar-refractivity contribution in [3.05, 3.63) is 54.2 Å². The Hall–Kier alpha value is -2.65. The third kappa shape index (κ3) is 5.04. The van der Waals surface area contributed by atoms with Crippen LogP contribution in [0.2, 0.25) is 0 Å². The van der Waals surface area contributed by atoms with E-state index in [1.807, 2.05) is 4.57 Å². The van der Waals surface area contributed by atoms with Crippen LogP contribution in [0.3, 0.4) is 0 Å². The Morgan fingerprint density at radius 1 is 1.28 bits per heavy atom. The van der Waals surface area contributed by atoms with Crippen molar-refractivity contribution in [3.63, 3.8) is 0 Å². The summed E-state index contributed by atoms with van der Waals surface area (Å²) in [4.78, 5) is 12.2. The van der Waals surface area contributed by atoms with Crippen molar-refractivity contribution in [2.75, 3.05) is 12.4 Å². The van der Waals surface area contributed by atoms with Gasteiger partial charge in [0.25, 0.3) is 0 Å². The van der Waals surface area contributed by atoms with Gasteiger partial charge in [-0.25, -0.2) is 4.39 Å². The van der Waals surface area contributed by atoms with E-state index in [0.29, 0.717) is 29.8 Å². The highest BCUT2D eigenvalue weighted by Crippen LogP contribution is 2.26. The summed E-state index contributed by atoms with van der Waals surface area (Å²) in [5.41, 5.74) is 0.769. The second-order valence-electron chi connectivity index (χ2n) is 6.70. The first-order valence-electron chi connectivity index (χ1n) is 9.41. The lowest BCUT2D eigenvalue weighted by molar-refractivity contribution is -0.118. The lowest BCUT2D eigenvalue weighted by Crippen LogP contribution is -2.24. The smallest absolute Gasteiger partial charge is 0.230 e. The second kappa shape index (κ2) is 9.23. The highest BCUT2D eigenvalue weighted by molar-refractivity contribution is 7.99. The van der Waals surface area contributed by atoms with Gasteiger partial charge < -0.3 is 14.5 Å². The number of aromatic nitrogens is 3. The molecule has 1 amide bonds. The van der Waals surface area contributed by atoms with Crippen LogP contribution in [0.25, 0.3) is 11.4 Å². The van der Waals surface area contributed by atoms with Gasteiger partial charge in [0.15, 0.2) is 11.0 Å². The van der Waals surface area contributed by atoms with E-state index in [1.165, 1.54) is 23.9 Å². The molecule has 1 saturated heterocycles. The number of thioether (sulfide) groups is 1. The fraction of sp³-hybridized carbons (Fsp3) is 0.350. The Labute approximate surface area is 171 Å². The van der Waals surface area contributed by atoms with E-state index < -0.39 is 0 Å². The predicted octanol–water partition coefficient (Wildman–Crippen LogP) is 3.26. The first kappa shape index (κ1) is 19.7. The SMILES string of the molecule is O=C(CSc1nnc(-c2ccc(F)cc2)n1C[C@H]1CCCO1)NCc1ccco1. The third-order valence-electron chi connectivity index (χ3n) is 4.60. The van der Waals surface area contributed by atoms with Crippen molar-refractivity contribution in [3.8, 4) is 11.4 Å². The van der Waals surface area contributed by atoms with Crippen LogP contribution >= 0.6 is 11.8 Å². The molecule has 2 aromatic heterocycles. The maximum absolute atomic E-state index is 13.3. The minimum atomic E-state index is -0.304. The average molecular weight is 416 g/mol. The number of rotatable bonds is 8. The van der Waals surface area contributed by atoms with Crippen molar-refractivity contribution < 1.29 is 18.3 Å². The van der Waals surface area contributed by atoms with E-state index in [-0.39, 0.29) is 23.6 Å². The van der Waals surface area contributed by atoms with E-state index in [1.54, 1.807) is 30.5 Å². The summed E-state index contributed by atoms with van der Waals surface area (Å²) < 4.78 is 26.2. The number of nitrogens with zero attached hydrogens (tertiary/aromatic N) is 3. The maximum atomic E-state index is 13.3. The van der Waals surface area contributed by atoms with Crippen LogP contribution in [0.15, 0.2) is 52.2 Å². The molecule has 1 N–H and O–H groups in total. The van der Waals surface area contributed by atoms with Gasteiger partial charge in [-0.15, -0.1) is 10.2 Å². The molecule has 0 aliphatic carbocycles. The molecule has 9 heteroatoms. The molecule has 3 heterocycles. The van der Waals surface area contributed by atoms with Crippen LogP contribution in [0.5, 0.6) is 0 Å². The van der Waals surface area contributed by atoms with Gasteiger partial charge in [0.05, 0.1) is 31.2 Å². The van der Waals surface area contributed by atoms with Gasteiger partial charge in [-0.2, -0.15) is 0 Å². The lowest BCUT2D eigenvalue weighted by atomic mass is 10.2. The Kier molecular flexibility index (Phi) is 6.26. The van der Waals surface area contributed by atoms with Gasteiger partial charge in [0.2, 0.25) is 5.91 Å². The fourth-order valence-electron chi connectivity index (χ4n) is 3.14. The van der Waals surface area contributed by atoms with Gasteiger partial charge >= 0.3 is 0 Å². The number of amides is 1. The van der Waals surface area contributed by atoms with E-state index in [9.17, 15) is 9.18 Å². The maximum Gasteiger partial charge on any atom is 0.230 e. The molecule has 0 unspecified atom stereocenters. The van der Waals surface area contributed by atoms with Gasteiger partial charge in [-0.05, 0) is 49.2 Å². The Morgan fingerprint density at radius 3 is 2.86 bits per heavy atom. The summed E-state index contributed by atoms with van der Waals surface area (Å²) >= 11 is 1.31. The van der Waals surface area contributed by atoms with Gasteiger partial charge in [-0.1, -0.05) is 11.8 Å². The zero-order valence-corrected chi connectivity index (χ0v) is 16.5. The normalized spacial score (nSPS) is 16.2. The molecule has 0 saturated carbocycles. The molecule has 29 heavy (non-hydrogen) atoms. The molecular weight excluding hydrogens is 395 g/mol. The molecule has 1 fully saturated rings. The molecule has 4 rings (SSSR count). The molecule has 0 spiro atoms. The number of hydrogen-bond acceptors (Lipinski definition) is 6. The first-order chi connectivity index (χ1) is 14.2. The molecule has 7 nitrogen and oxygen atoms in total. The van der Waals surface area contributed by atoms with Crippen LogP contribution in [0, 0.1) is 5.82 Å². The summed E-state index contributed by atoms with van der Waals surface area (Å²) in [5.74, 6) is 1.11. The molecule has 0 bridgehead atoms. The Bertz CT molecular complexity index is 937. The van der Waals surface area contributed by atoms with Crippen LogP contribution in [0.4, 0.5) is 4.39 Å². The minimum Gasteiger partial charge on any atom is -0.467 e. The first-order valence-corrected chi connectivity index (χ1v) is 10.4. The molecule has 3 aromatic rings. The van der Waals surface area contributed by atoms with Crippen molar-refractivity contribution in [1.29, 1.82) is 0 Å². The summed E-state index contributed by atoms with van der Waals surface area (Å²) in [6.45, 7) is 1.68. The number of hydrogen-bond donors (Lipinski definition) is 1. The van der Waals surface area contributed by atoms with E-state index in [4.69, 9.17) is 9.15 Å². The van der Waals surface area contributed by atoms with E-state index in [0.717, 1.165) is 25.0 Å².